The Kier molecular flexibility index (Phi) is 20.9. The second kappa shape index (κ2) is 25.4. The Bertz CT molecular complexity index is 1700. The Labute approximate surface area is 387 Å². The molecule has 2 amide bonds. The molecule has 4 aliphatic rings. The highest BCUT2D eigenvalue weighted by Gasteiger charge is 2.56. The van der Waals surface area contributed by atoms with Crippen LogP contribution in [0.3, 0.4) is 0 Å². The Hall–Kier alpha value is -3.03. The van der Waals surface area contributed by atoms with E-state index in [0.717, 1.165) is 13.8 Å². The standard InChI is InChI=1S/C39H64N4O25/c1-13(49)42-22-28(57)25(54)17(9-45)61-36(22)67-34-23(43-14(2)50)37(62-18(10-46)26(34)55)68-35-27(56)19(11-47)63-39(31(35)60)66-33-20(12-48)64-38(30(59)29(33)58)65-32(16(52)8-44)24(53)15(51)7-41-21-5-3-4-6-40-21/h3-6,15-20,22-39,44-48,51-60H,7-12H2,1-2H3,(H,40,41)(H,42,49)(H,43,50)/t15-,16+,17+,18+,19+,20+,22+,23+,24+,25-,26-,27-,28+,29+,30+,31+,32+,33-,34+,35-,36+,37-,38-,39+/m0/s1. The molecular formula is C39H64N4O25. The van der Waals surface area contributed by atoms with E-state index in [9.17, 15) is 86.2 Å². The molecular weight excluding hydrogens is 924 g/mol. The average molecular weight is 989 g/mol. The summed E-state index contributed by atoms with van der Waals surface area (Å²) in [6, 6.07) is 1.58. The van der Waals surface area contributed by atoms with Crippen LogP contribution < -0.4 is 16.0 Å². The number of carbonyl (C=O) groups excluding carboxylic acids is 2. The van der Waals surface area contributed by atoms with Crippen LogP contribution in [0, 0.1) is 0 Å². The van der Waals surface area contributed by atoms with Crippen molar-refractivity contribution in [2.75, 3.05) is 44.9 Å². The molecule has 24 atom stereocenters. The third kappa shape index (κ3) is 13.1. The lowest BCUT2D eigenvalue weighted by atomic mass is 9.93. The van der Waals surface area contributed by atoms with Crippen molar-refractivity contribution in [1.82, 2.24) is 15.6 Å². The number of pyridine rings is 1. The summed E-state index contributed by atoms with van der Waals surface area (Å²) in [5.41, 5.74) is 0. The summed E-state index contributed by atoms with van der Waals surface area (Å²) in [4.78, 5) is 28.7. The fourth-order valence-corrected chi connectivity index (χ4v) is 8.12. The largest absolute Gasteiger partial charge is 0.394 e. The first-order chi connectivity index (χ1) is 32.3. The molecule has 18 N–H and O–H groups in total. The minimum absolute atomic E-state index is 0.312. The molecule has 0 aliphatic carbocycles. The molecule has 5 rings (SSSR count). The van der Waals surface area contributed by atoms with Crippen LogP contribution in [0.2, 0.25) is 0 Å². The van der Waals surface area contributed by atoms with Crippen molar-refractivity contribution in [3.8, 4) is 0 Å². The number of hydrogen-bond donors (Lipinski definition) is 18. The van der Waals surface area contributed by atoms with Crippen molar-refractivity contribution in [1.29, 1.82) is 0 Å². The molecule has 0 aromatic carbocycles. The molecule has 0 spiro atoms. The van der Waals surface area contributed by atoms with Crippen LogP contribution in [0.5, 0.6) is 0 Å². The Balaban J connectivity index is 1.35. The van der Waals surface area contributed by atoms with Crippen molar-refractivity contribution >= 4 is 17.6 Å². The quantitative estimate of drug-likeness (QED) is 0.0544. The van der Waals surface area contributed by atoms with Crippen LogP contribution >= 0.6 is 0 Å². The van der Waals surface area contributed by atoms with Crippen LogP contribution in [0.1, 0.15) is 13.8 Å². The molecule has 0 bridgehead atoms. The van der Waals surface area contributed by atoms with E-state index in [0.29, 0.717) is 5.82 Å². The molecule has 5 heterocycles. The van der Waals surface area contributed by atoms with Gasteiger partial charge in [-0.15, -0.1) is 0 Å². The maximum absolute atomic E-state index is 12.6. The van der Waals surface area contributed by atoms with Gasteiger partial charge in [0.05, 0.1) is 39.1 Å². The van der Waals surface area contributed by atoms with Gasteiger partial charge in [0, 0.05) is 26.6 Å². The highest BCUT2D eigenvalue weighted by Crippen LogP contribution is 2.35. The van der Waals surface area contributed by atoms with Crippen molar-refractivity contribution in [3.63, 3.8) is 0 Å². The van der Waals surface area contributed by atoms with Crippen LogP contribution in [0.4, 0.5) is 5.82 Å². The molecule has 29 heteroatoms. The van der Waals surface area contributed by atoms with Crippen LogP contribution in [-0.2, 0) is 47.5 Å². The number of nitrogens with zero attached hydrogens (tertiary/aromatic N) is 1. The van der Waals surface area contributed by atoms with E-state index in [4.69, 9.17) is 37.9 Å². The number of aliphatic hydroxyl groups excluding tert-OH is 15. The molecule has 4 aliphatic heterocycles. The second-order valence-electron chi connectivity index (χ2n) is 16.6. The first-order valence-corrected chi connectivity index (χ1v) is 21.6. The molecule has 390 valence electrons. The monoisotopic (exact) mass is 988 g/mol. The lowest BCUT2D eigenvalue weighted by Gasteiger charge is -2.50. The zero-order valence-electron chi connectivity index (χ0n) is 36.6. The number of amides is 2. The number of hydrogen-bond acceptors (Lipinski definition) is 27. The predicted molar refractivity (Wildman–Crippen MR) is 218 cm³/mol. The van der Waals surface area contributed by atoms with E-state index >= 15 is 0 Å². The van der Waals surface area contributed by atoms with Crippen molar-refractivity contribution < 1.29 is 124 Å². The SMILES string of the molecule is CC(=O)N[C@H]1[C@@H](O[C@H]2[C@@H](O)[C@@H](CO)O[C@@H](O[C@H]3[C@@H](O)[C@@H](CO)O[C@H](O[C@@H]4[C@H](O)[C@@H](O)[C@H](O[C@@H]([C@H](O)[C@@H](O)CNc5ccccn5)[C@H](O)CO)O[C@@H]4CO)[C@@H]3O)[C@@H]2NC(C)=O)O[C@H](CO)[C@H](O)[C@@H]1O. The van der Waals surface area contributed by atoms with Crippen molar-refractivity contribution in [2.24, 2.45) is 0 Å². The van der Waals surface area contributed by atoms with Gasteiger partial charge in [0.2, 0.25) is 11.8 Å². The van der Waals surface area contributed by atoms with Crippen molar-refractivity contribution in [2.45, 2.75) is 161 Å². The van der Waals surface area contributed by atoms with Gasteiger partial charge in [0.15, 0.2) is 25.2 Å². The third-order valence-corrected chi connectivity index (χ3v) is 11.7. The predicted octanol–water partition coefficient (Wildman–Crippen LogP) is -10.5. The molecule has 68 heavy (non-hydrogen) atoms. The Morgan fingerprint density at radius 1 is 0.588 bits per heavy atom. The Morgan fingerprint density at radius 2 is 1.10 bits per heavy atom. The van der Waals surface area contributed by atoms with E-state index in [1.54, 1.807) is 18.2 Å². The number of aliphatic hydroxyl groups is 15. The summed E-state index contributed by atoms with van der Waals surface area (Å²) < 4.78 is 46.1. The van der Waals surface area contributed by atoms with Gasteiger partial charge in [-0.1, -0.05) is 6.07 Å². The van der Waals surface area contributed by atoms with Gasteiger partial charge in [-0.05, 0) is 12.1 Å². The third-order valence-electron chi connectivity index (χ3n) is 11.7. The average Bonchev–Trinajstić information content (AvgIpc) is 3.32. The van der Waals surface area contributed by atoms with E-state index in [2.05, 4.69) is 20.9 Å². The van der Waals surface area contributed by atoms with Crippen LogP contribution in [0.15, 0.2) is 24.4 Å². The minimum Gasteiger partial charge on any atom is -0.394 e. The van der Waals surface area contributed by atoms with E-state index in [-0.39, 0.29) is 6.54 Å². The van der Waals surface area contributed by atoms with E-state index < -0.39 is 192 Å². The molecule has 0 saturated carbocycles. The van der Waals surface area contributed by atoms with Crippen LogP contribution in [-0.4, -0.2) is 280 Å². The number of ether oxygens (including phenoxy) is 8. The second-order valence-corrected chi connectivity index (χ2v) is 16.6. The summed E-state index contributed by atoms with van der Waals surface area (Å²) in [7, 11) is 0. The summed E-state index contributed by atoms with van der Waals surface area (Å²) in [6.45, 7) is -3.11. The lowest BCUT2D eigenvalue weighted by Crippen LogP contribution is -2.71. The molecule has 4 saturated heterocycles. The van der Waals surface area contributed by atoms with E-state index in [1.165, 1.54) is 6.20 Å². The van der Waals surface area contributed by atoms with Gasteiger partial charge in [-0.3, -0.25) is 9.59 Å². The van der Waals surface area contributed by atoms with Crippen LogP contribution in [0.25, 0.3) is 0 Å². The molecule has 0 radical (unpaired) electrons. The first-order valence-electron chi connectivity index (χ1n) is 21.6. The summed E-state index contributed by atoms with van der Waals surface area (Å²) in [5.74, 6) is -1.23. The van der Waals surface area contributed by atoms with Gasteiger partial charge < -0.3 is 130 Å². The lowest BCUT2D eigenvalue weighted by molar-refractivity contribution is -0.382. The van der Waals surface area contributed by atoms with Crippen molar-refractivity contribution in [3.05, 3.63) is 24.4 Å². The fourth-order valence-electron chi connectivity index (χ4n) is 8.12. The molecule has 1 aromatic heterocycles. The summed E-state index contributed by atoms with van der Waals surface area (Å²) in [6.07, 6.45) is -39.9. The topological polar surface area (TPSA) is 460 Å². The smallest absolute Gasteiger partial charge is 0.217 e. The van der Waals surface area contributed by atoms with Gasteiger partial charge in [-0.25, -0.2) is 4.98 Å². The highest BCUT2D eigenvalue weighted by atomic mass is 16.8. The van der Waals surface area contributed by atoms with Gasteiger partial charge in [0.25, 0.3) is 0 Å². The minimum atomic E-state index is -2.18. The van der Waals surface area contributed by atoms with Gasteiger partial charge in [-0.2, -0.15) is 0 Å². The fraction of sp³-hybridized carbons (Fsp3) is 0.821. The summed E-state index contributed by atoms with van der Waals surface area (Å²) in [5, 5.41) is 168. The number of carbonyl (C=O) groups is 2. The number of anilines is 1. The first kappa shape index (κ1) is 55.9. The number of nitrogens with one attached hydrogen (secondary N) is 3. The molecule has 4 fully saturated rings. The van der Waals surface area contributed by atoms with Gasteiger partial charge in [0.1, 0.15) is 122 Å². The Morgan fingerprint density at radius 3 is 1.66 bits per heavy atom. The normalized spacial score (nSPS) is 40.7. The zero-order valence-corrected chi connectivity index (χ0v) is 36.6. The van der Waals surface area contributed by atoms with Gasteiger partial charge >= 0.3 is 0 Å². The molecule has 0 unspecified atom stereocenters. The molecule has 29 nitrogen and oxygen atoms in total. The maximum atomic E-state index is 12.6. The van der Waals surface area contributed by atoms with E-state index in [1.807, 2.05) is 0 Å². The maximum Gasteiger partial charge on any atom is 0.217 e. The number of rotatable bonds is 21. The number of aromatic nitrogens is 1. The summed E-state index contributed by atoms with van der Waals surface area (Å²) >= 11 is 0. The molecule has 1 aromatic rings. The zero-order chi connectivity index (χ0) is 50.1. The highest BCUT2D eigenvalue weighted by molar-refractivity contribution is 5.73.